The van der Waals surface area contributed by atoms with Gasteiger partial charge in [0.15, 0.2) is 17.3 Å². The molecule has 3 fully saturated rings. The molecule has 6 unspecified atom stereocenters. The number of piperidine rings is 3. The first kappa shape index (κ1) is 69.0. The number of halogens is 3. The molecule has 6 atom stereocenters. The van der Waals surface area contributed by atoms with Gasteiger partial charge in [0.05, 0.1) is 111 Å². The van der Waals surface area contributed by atoms with E-state index in [4.69, 9.17) is 56.4 Å². The Bertz CT molecular complexity index is 3840. The number of fused-ring (bicyclic) bond motifs is 3. The van der Waals surface area contributed by atoms with Crippen molar-refractivity contribution in [2.75, 3.05) is 39.8 Å². The summed E-state index contributed by atoms with van der Waals surface area (Å²) in [6.07, 6.45) is 15.4. The number of terminal acetylenes is 1. The number of Topliss-reactive ketones (excluding diaryl/α,β-unsaturated/α-hetero) is 3. The van der Waals surface area contributed by atoms with E-state index in [0.717, 1.165) is 51.7 Å². The minimum atomic E-state index is -1.56. The van der Waals surface area contributed by atoms with Gasteiger partial charge in [0.25, 0.3) is 16.7 Å². The van der Waals surface area contributed by atoms with Gasteiger partial charge >= 0.3 is 0 Å². The molecule has 6 aromatic rings. The van der Waals surface area contributed by atoms with Crippen LogP contribution in [0.2, 0.25) is 34.7 Å². The van der Waals surface area contributed by atoms with E-state index in [2.05, 4.69) is 79.8 Å². The third-order valence-electron chi connectivity index (χ3n) is 14.8. The number of aliphatic hydroxyl groups excluding tert-OH is 3. The lowest BCUT2D eigenvalue weighted by atomic mass is 9.97. The number of aromatic nitrogens is 6. The van der Waals surface area contributed by atoms with Crippen LogP contribution in [0, 0.1) is 35.6 Å². The van der Waals surface area contributed by atoms with E-state index in [1.807, 2.05) is 0 Å². The van der Waals surface area contributed by atoms with E-state index >= 15 is 0 Å². The van der Waals surface area contributed by atoms with E-state index in [0.29, 0.717) is 96.8 Å². The van der Waals surface area contributed by atoms with Gasteiger partial charge in [0.1, 0.15) is 14.9 Å². The second-order valence-electron chi connectivity index (χ2n) is 22.9. The Morgan fingerprint density at radius 1 is 0.614 bits per heavy atom. The quantitative estimate of drug-likeness (QED) is 0.0243. The summed E-state index contributed by atoms with van der Waals surface area (Å²) < 4.78 is 14.0. The second-order valence-corrected chi connectivity index (χ2v) is 28.9. The summed E-state index contributed by atoms with van der Waals surface area (Å²) in [4.78, 5) is 88.4. The summed E-state index contributed by atoms with van der Waals surface area (Å²) >= 11 is 18.8. The predicted molar refractivity (Wildman–Crippen MR) is 343 cm³/mol. The van der Waals surface area contributed by atoms with Crippen molar-refractivity contribution in [1.82, 2.24) is 44.6 Å². The van der Waals surface area contributed by atoms with Gasteiger partial charge in [0, 0.05) is 67.1 Å². The topological polar surface area (TPSA) is 297 Å². The normalized spacial score (nSPS) is 19.2. The third-order valence-corrected chi connectivity index (χ3v) is 16.7. The van der Waals surface area contributed by atoms with Crippen LogP contribution in [-0.2, 0) is 43.5 Å². The molecule has 3 saturated heterocycles. The fourth-order valence-electron chi connectivity index (χ4n) is 10.1. The van der Waals surface area contributed by atoms with Crippen LogP contribution in [0.5, 0.6) is 0 Å². The van der Waals surface area contributed by atoms with E-state index in [9.17, 15) is 44.1 Å². The number of nitrogens with two attached hydrogens (primary N) is 1. The summed E-state index contributed by atoms with van der Waals surface area (Å²) in [5, 5.41) is 41.5. The first-order chi connectivity index (χ1) is 42.1. The number of aliphatic hydroxyl groups is 3. The second kappa shape index (κ2) is 33.4. The van der Waals surface area contributed by atoms with Crippen molar-refractivity contribution < 1.29 is 39.2 Å². The highest BCUT2D eigenvalue weighted by atomic mass is 35.5. The number of unbranched alkanes of at least 4 members (excludes halogenated alkanes) is 2. The van der Waals surface area contributed by atoms with Crippen LogP contribution in [0.15, 0.2) is 69.8 Å². The highest BCUT2D eigenvalue weighted by Crippen LogP contribution is 2.24. The van der Waals surface area contributed by atoms with Crippen molar-refractivity contribution in [3.63, 3.8) is 0 Å². The van der Waals surface area contributed by atoms with E-state index in [-0.39, 0.29) is 105 Å². The number of ether oxygens (including phenoxy) is 2. The average molecular weight is 1280 g/mol. The highest BCUT2D eigenvalue weighted by molar-refractivity contribution is 6.83. The Labute approximate surface area is 526 Å². The number of nitrogens with one attached hydrogen (secondary N) is 3. The van der Waals surface area contributed by atoms with Crippen molar-refractivity contribution in [2.45, 2.75) is 153 Å². The Balaban J connectivity index is 0.000000190. The van der Waals surface area contributed by atoms with Gasteiger partial charge in [-0.3, -0.25) is 42.5 Å². The van der Waals surface area contributed by atoms with Gasteiger partial charge in [-0.1, -0.05) is 78.1 Å². The molecule has 0 radical (unpaired) electrons. The number of rotatable bonds is 19. The van der Waals surface area contributed by atoms with Crippen molar-refractivity contribution in [3.05, 3.63) is 118 Å². The van der Waals surface area contributed by atoms with Crippen LogP contribution in [0.25, 0.3) is 32.7 Å². The van der Waals surface area contributed by atoms with Crippen LogP contribution in [0.4, 0.5) is 0 Å². The van der Waals surface area contributed by atoms with Crippen LogP contribution in [0.3, 0.4) is 0 Å². The molecule has 0 amide bonds. The molecule has 468 valence electrons. The third kappa shape index (κ3) is 20.0. The molecule has 3 aromatic heterocycles. The number of nitrogens with zero attached hydrogens (tertiary/aromatic N) is 6. The summed E-state index contributed by atoms with van der Waals surface area (Å²) in [7, 11) is -1.56. The average Bonchev–Trinajstić information content (AvgIpc) is 3.50. The molecular weight excluding hydrogens is 1210 g/mol. The van der Waals surface area contributed by atoms with E-state index in [1.165, 1.54) is 38.7 Å². The smallest absolute Gasteiger partial charge is 0.261 e. The largest absolute Gasteiger partial charge is 0.391 e. The number of benzene rings is 3. The fourth-order valence-corrected chi connectivity index (χ4v) is 11.3. The zero-order valence-corrected chi connectivity index (χ0v) is 52.9. The molecule has 0 bridgehead atoms. The van der Waals surface area contributed by atoms with Gasteiger partial charge in [-0.2, -0.15) is 0 Å². The van der Waals surface area contributed by atoms with Crippen LogP contribution in [0.1, 0.15) is 93.7 Å². The lowest BCUT2D eigenvalue weighted by Gasteiger charge is -2.28. The first-order valence-electron chi connectivity index (χ1n) is 29.3. The number of carbonyl (C=O) groups is 3. The van der Waals surface area contributed by atoms with E-state index < -0.39 is 26.4 Å². The number of hydrogen-bond donors (Lipinski definition) is 7. The molecule has 3 aliphatic heterocycles. The molecule has 9 rings (SSSR count). The zero-order valence-electron chi connectivity index (χ0n) is 49.6. The molecule has 21 nitrogen and oxygen atoms in total. The maximum atomic E-state index is 12.9. The molecule has 8 N–H and O–H groups in total. The van der Waals surface area contributed by atoms with Crippen molar-refractivity contribution >= 4 is 92.9 Å². The maximum Gasteiger partial charge on any atom is 0.261 e. The Morgan fingerprint density at radius 2 is 1.00 bits per heavy atom. The van der Waals surface area contributed by atoms with Gasteiger partial charge in [-0.05, 0) is 107 Å². The number of hydrogen-bond acceptors (Lipinski definition) is 18. The predicted octanol–water partition coefficient (Wildman–Crippen LogP) is 5.00. The fraction of sp³-hybridized carbons (Fsp3) is 0.476. The van der Waals surface area contributed by atoms with Gasteiger partial charge < -0.3 is 46.5 Å². The zero-order chi connectivity index (χ0) is 63.5. The van der Waals surface area contributed by atoms with Gasteiger partial charge in [-0.25, -0.2) is 15.0 Å². The minimum absolute atomic E-state index is 0.0819. The molecule has 3 aromatic carbocycles. The van der Waals surface area contributed by atoms with E-state index in [1.54, 1.807) is 30.3 Å². The highest BCUT2D eigenvalue weighted by Gasteiger charge is 2.28. The summed E-state index contributed by atoms with van der Waals surface area (Å²) in [5.41, 5.74) is 10.6. The summed E-state index contributed by atoms with van der Waals surface area (Å²) in [6, 6.07) is 8.79. The molecule has 0 spiro atoms. The molecule has 0 aliphatic carbocycles. The monoisotopic (exact) mass is 1280 g/mol. The summed E-state index contributed by atoms with van der Waals surface area (Å²) in [6.45, 7) is 9.40. The molecule has 6 heterocycles. The molecule has 3 aliphatic rings. The molecule has 88 heavy (non-hydrogen) atoms. The standard InChI is InChI=1S/C24H31ClN4O5.C21H26ClN3O3Si.C18H18ClN3O3/c25-20-12-19-21(10-17(20)6-3-1-2-4-9-33-16-34-14-26)28-15-29(24(19)32)13-18(30)11-22-23(31)7-5-8-27-22;1-29(2,3)8-6-14-9-18-16(11-17(14)22)21(28)25(13-24-18)12-15(26)10-19-20(27)5-4-7-23-19;1-2-11-6-15-13(8-14(11)19)18(25)22(10-21-15)9-12(23)7-16-17(24)4-3-5-20-16/h10,12,15,22-23,27,31H,1-2,4-5,7-9,11,13-14,16,26H2;9,11,13,19-20,23,27H,4-5,7,10,12H2,1-3H3;1,6,8,10,16-17,20,24H,3-5,7,9H2. The number of ketones is 3. The van der Waals surface area contributed by atoms with Crippen LogP contribution < -0.4 is 38.4 Å². The van der Waals surface area contributed by atoms with Crippen LogP contribution in [-0.4, -0.2) is 146 Å². The number of carbonyl (C=O) groups excluding carboxylic acids is 3. The van der Waals surface area contributed by atoms with Crippen LogP contribution >= 0.6 is 34.8 Å². The van der Waals surface area contributed by atoms with Gasteiger partial charge in [-0.15, -0.1) is 12.0 Å². The van der Waals surface area contributed by atoms with Gasteiger partial charge in [0.2, 0.25) is 0 Å². The maximum absolute atomic E-state index is 12.9. The lowest BCUT2D eigenvalue weighted by Crippen LogP contribution is -2.46. The summed E-state index contributed by atoms with van der Waals surface area (Å²) in [5.74, 6) is 11.2. The lowest BCUT2D eigenvalue weighted by molar-refractivity contribution is -0.121. The van der Waals surface area contributed by atoms with Crippen molar-refractivity contribution in [2.24, 2.45) is 5.73 Å². The Kier molecular flexibility index (Phi) is 26.1. The first-order valence-corrected chi connectivity index (χ1v) is 34.0. The molecular formula is C63H75Cl3N10O11Si. The van der Waals surface area contributed by atoms with Crippen molar-refractivity contribution in [3.8, 4) is 35.6 Å². The molecule has 0 saturated carbocycles. The SMILES string of the molecule is C#Cc1cc2ncn(CC(=O)CC3NCCCC3O)c(=O)c2cc1Cl.C[Si](C)(C)C#Cc1cc2ncn(CC(=O)CC3NCCCC3O)c(=O)c2cc1Cl.NCOCOCCCCC#Cc1cc2ncn(CC(=O)CC3NCCCC3O)c(=O)c2cc1Cl. The Hall–Kier alpha value is -6.50. The van der Waals surface area contributed by atoms with Crippen molar-refractivity contribution in [1.29, 1.82) is 0 Å². The Morgan fingerprint density at radius 3 is 1.38 bits per heavy atom. The molecule has 25 heteroatoms. The minimum Gasteiger partial charge on any atom is -0.391 e.